The number of ether oxygens (including phenoxy) is 1. The van der Waals surface area contributed by atoms with E-state index in [0.717, 1.165) is 33.0 Å². The lowest BCUT2D eigenvalue weighted by Crippen LogP contribution is -2.28. The van der Waals surface area contributed by atoms with Gasteiger partial charge in [0.2, 0.25) is 0 Å². The van der Waals surface area contributed by atoms with Crippen molar-refractivity contribution >= 4 is 17.3 Å². The van der Waals surface area contributed by atoms with Gasteiger partial charge in [-0.05, 0) is 47.4 Å². The minimum Gasteiger partial charge on any atom is -0.486 e. The van der Waals surface area contributed by atoms with Crippen molar-refractivity contribution in [2.75, 3.05) is 18.4 Å². The highest BCUT2D eigenvalue weighted by Gasteiger charge is 2.16. The largest absolute Gasteiger partial charge is 0.486 e. The molecule has 0 aliphatic rings. The van der Waals surface area contributed by atoms with Crippen LogP contribution < -0.4 is 15.4 Å². The molecule has 1 atom stereocenters. The molecule has 188 valence electrons. The second-order valence-corrected chi connectivity index (χ2v) is 8.50. The predicted octanol–water partition coefficient (Wildman–Crippen LogP) is 8.18. The minimum atomic E-state index is -0.374. The van der Waals surface area contributed by atoms with Crippen LogP contribution in [0.5, 0.6) is 5.75 Å². The van der Waals surface area contributed by atoms with E-state index < -0.39 is 0 Å². The highest BCUT2D eigenvalue weighted by Crippen LogP contribution is 2.28. The molecule has 0 saturated heterocycles. The van der Waals surface area contributed by atoms with Crippen LogP contribution in [0.25, 0.3) is 0 Å². The first-order valence-electron chi connectivity index (χ1n) is 12.4. The molecule has 0 fully saturated rings. The van der Waals surface area contributed by atoms with Gasteiger partial charge in [0.1, 0.15) is 6.61 Å². The second-order valence-electron chi connectivity index (χ2n) is 8.13. The summed E-state index contributed by atoms with van der Waals surface area (Å²) in [5.41, 5.74) is 4.84. The molecule has 0 aliphatic heterocycles. The van der Waals surface area contributed by atoms with Crippen LogP contribution in [0.4, 0.5) is 10.1 Å². The van der Waals surface area contributed by atoms with Gasteiger partial charge in [-0.25, -0.2) is 4.39 Å². The van der Waals surface area contributed by atoms with Gasteiger partial charge in [0.05, 0.1) is 16.8 Å². The third-order valence-electron chi connectivity index (χ3n) is 5.64. The van der Waals surface area contributed by atoms with Gasteiger partial charge in [0.25, 0.3) is 0 Å². The third-order valence-corrected chi connectivity index (χ3v) is 6.14. The van der Waals surface area contributed by atoms with Crippen LogP contribution in [0.15, 0.2) is 97.1 Å². The van der Waals surface area contributed by atoms with Gasteiger partial charge < -0.3 is 15.4 Å². The van der Waals surface area contributed by atoms with Crippen LogP contribution in [0.1, 0.15) is 42.1 Å². The number of hydrogen-bond donors (Lipinski definition) is 2. The number of halogens is 2. The molecule has 0 amide bonds. The first-order chi connectivity index (χ1) is 17.6. The maximum absolute atomic E-state index is 14.9. The van der Waals surface area contributed by atoms with Crippen LogP contribution in [0, 0.1) is 12.7 Å². The quantitative estimate of drug-likeness (QED) is 0.213. The molecule has 3 nitrogen and oxygen atoms in total. The molecule has 0 saturated carbocycles. The van der Waals surface area contributed by atoms with Crippen LogP contribution in [0.2, 0.25) is 5.02 Å². The first kappa shape index (κ1) is 27.3. The average Bonchev–Trinajstić information content (AvgIpc) is 2.92. The van der Waals surface area contributed by atoms with Crippen molar-refractivity contribution in [2.24, 2.45) is 0 Å². The fourth-order valence-electron chi connectivity index (χ4n) is 3.82. The summed E-state index contributed by atoms with van der Waals surface area (Å²) in [6, 6.07) is 30.7. The lowest BCUT2D eigenvalue weighted by atomic mass is 9.98. The molecule has 0 aliphatic carbocycles. The maximum atomic E-state index is 14.9. The number of benzene rings is 4. The summed E-state index contributed by atoms with van der Waals surface area (Å²) in [7, 11) is 0. The molecule has 2 N–H and O–H groups in total. The second kappa shape index (κ2) is 14.3. The zero-order chi connectivity index (χ0) is 25.8. The van der Waals surface area contributed by atoms with E-state index in [-0.39, 0.29) is 17.6 Å². The summed E-state index contributed by atoms with van der Waals surface area (Å²) in [6.45, 7) is 7.65. The molecule has 4 aromatic rings. The highest BCUT2D eigenvalue weighted by atomic mass is 35.5. The van der Waals surface area contributed by atoms with E-state index >= 15 is 0 Å². The normalized spacial score (nSPS) is 11.2. The number of nitrogens with one attached hydrogen (secondary N) is 2. The molecule has 0 aromatic heterocycles. The van der Waals surface area contributed by atoms with Crippen LogP contribution in [0.3, 0.4) is 0 Å². The summed E-state index contributed by atoms with van der Waals surface area (Å²) < 4.78 is 20.7. The summed E-state index contributed by atoms with van der Waals surface area (Å²) >= 11 is 6.39. The molecule has 5 heteroatoms. The van der Waals surface area contributed by atoms with Crippen molar-refractivity contribution in [3.05, 3.63) is 130 Å². The molecule has 0 radical (unpaired) electrons. The minimum absolute atomic E-state index is 0.159. The van der Waals surface area contributed by atoms with Gasteiger partial charge in [-0.3, -0.25) is 0 Å². The van der Waals surface area contributed by atoms with Gasteiger partial charge in [0.15, 0.2) is 11.6 Å². The van der Waals surface area contributed by atoms with Crippen LogP contribution in [-0.2, 0) is 6.61 Å². The van der Waals surface area contributed by atoms with E-state index in [1.54, 1.807) is 12.1 Å². The molecule has 0 spiro atoms. The third kappa shape index (κ3) is 7.58. The number of hydrogen-bond acceptors (Lipinski definition) is 3. The summed E-state index contributed by atoms with van der Waals surface area (Å²) in [6.07, 6.45) is 0. The van der Waals surface area contributed by atoms with Crippen molar-refractivity contribution in [3.63, 3.8) is 0 Å². The Bertz CT molecular complexity index is 1200. The molecule has 36 heavy (non-hydrogen) atoms. The van der Waals surface area contributed by atoms with Crippen LogP contribution in [-0.4, -0.2) is 13.1 Å². The standard InChI is InChI=1S/C29H28ClFN2O.C2H6/c1-21-9-8-14-26(28(21)30)32-17-18-33-29(23-12-6-3-7-13-23)24-15-16-27(25(31)19-24)34-20-22-10-4-2-5-11-22;1-2/h2-16,19,29,32-33H,17-18,20H2,1H3;1-2H3. The summed E-state index contributed by atoms with van der Waals surface area (Å²) in [5.74, 6) is -0.129. The van der Waals surface area contributed by atoms with Gasteiger partial charge in [-0.15, -0.1) is 0 Å². The Balaban J connectivity index is 0.00000176. The van der Waals surface area contributed by atoms with Crippen molar-refractivity contribution in [1.82, 2.24) is 5.32 Å². The van der Waals surface area contributed by atoms with Crippen LogP contribution >= 0.6 is 11.6 Å². The zero-order valence-corrected chi connectivity index (χ0v) is 21.9. The van der Waals surface area contributed by atoms with E-state index in [1.807, 2.05) is 106 Å². The van der Waals surface area contributed by atoms with Gasteiger partial charge >= 0.3 is 0 Å². The average molecular weight is 505 g/mol. The number of anilines is 1. The van der Waals surface area contributed by atoms with E-state index in [1.165, 1.54) is 0 Å². The first-order valence-corrected chi connectivity index (χ1v) is 12.7. The van der Waals surface area contributed by atoms with Crippen molar-refractivity contribution in [2.45, 2.75) is 33.4 Å². The fraction of sp³-hybridized carbons (Fsp3) is 0.226. The fourth-order valence-corrected chi connectivity index (χ4v) is 4.01. The number of rotatable bonds is 10. The van der Waals surface area contributed by atoms with Crippen molar-refractivity contribution < 1.29 is 9.13 Å². The van der Waals surface area contributed by atoms with Gasteiger partial charge in [-0.1, -0.05) is 104 Å². The van der Waals surface area contributed by atoms with Crippen molar-refractivity contribution in [3.8, 4) is 5.75 Å². The molecule has 4 rings (SSSR count). The Kier molecular flexibility index (Phi) is 10.8. The molecular formula is C31H34ClFN2O. The SMILES string of the molecule is CC.Cc1cccc(NCCNC(c2ccccc2)c2ccc(OCc3ccccc3)c(F)c2)c1Cl. The lowest BCUT2D eigenvalue weighted by molar-refractivity contribution is 0.290. The maximum Gasteiger partial charge on any atom is 0.165 e. The molecular weight excluding hydrogens is 471 g/mol. The summed E-state index contributed by atoms with van der Waals surface area (Å²) in [4.78, 5) is 0. The Labute approximate surface area is 219 Å². The van der Waals surface area contributed by atoms with Gasteiger partial charge in [0, 0.05) is 13.1 Å². The van der Waals surface area contributed by atoms with Gasteiger partial charge in [-0.2, -0.15) is 0 Å². The highest BCUT2D eigenvalue weighted by molar-refractivity contribution is 6.33. The van der Waals surface area contributed by atoms with Crippen molar-refractivity contribution in [1.29, 1.82) is 0 Å². The Morgan fingerprint density at radius 1 is 0.806 bits per heavy atom. The van der Waals surface area contributed by atoms with E-state index in [9.17, 15) is 4.39 Å². The molecule has 1 unspecified atom stereocenters. The molecule has 0 heterocycles. The smallest absolute Gasteiger partial charge is 0.165 e. The monoisotopic (exact) mass is 504 g/mol. The predicted molar refractivity (Wildman–Crippen MR) is 149 cm³/mol. The molecule has 0 bridgehead atoms. The van der Waals surface area contributed by atoms with E-state index in [2.05, 4.69) is 10.6 Å². The summed E-state index contributed by atoms with van der Waals surface area (Å²) in [5, 5.41) is 7.66. The van der Waals surface area contributed by atoms with E-state index in [0.29, 0.717) is 19.7 Å². The lowest BCUT2D eigenvalue weighted by Gasteiger charge is -2.21. The Morgan fingerprint density at radius 2 is 1.50 bits per heavy atom. The topological polar surface area (TPSA) is 33.3 Å². The number of aryl methyl sites for hydroxylation is 1. The van der Waals surface area contributed by atoms with E-state index in [4.69, 9.17) is 16.3 Å². The molecule has 4 aromatic carbocycles. The Hall–Kier alpha value is -3.34. The zero-order valence-electron chi connectivity index (χ0n) is 21.1. The Morgan fingerprint density at radius 3 is 2.19 bits per heavy atom.